The molecule has 0 unspecified atom stereocenters. The molecule has 2 nitrogen and oxygen atoms in total. The lowest BCUT2D eigenvalue weighted by Crippen LogP contribution is -1.98. The van der Waals surface area contributed by atoms with Crippen LogP contribution >= 0.6 is 23.5 Å². The zero-order chi connectivity index (χ0) is 9.84. The minimum atomic E-state index is 0.378. The zero-order valence-electron chi connectivity index (χ0n) is 7.78. The maximum atomic E-state index is 5.86. The van der Waals surface area contributed by atoms with Crippen LogP contribution < -0.4 is 11.5 Å². The number of rotatable bonds is 3. The first-order valence-corrected chi connectivity index (χ1v) is 6.47. The van der Waals surface area contributed by atoms with E-state index in [9.17, 15) is 0 Å². The summed E-state index contributed by atoms with van der Waals surface area (Å²) in [7, 11) is 0. The molecule has 0 saturated carbocycles. The summed E-state index contributed by atoms with van der Waals surface area (Å²) in [5, 5.41) is 0. The van der Waals surface area contributed by atoms with Gasteiger partial charge < -0.3 is 11.5 Å². The SMILES string of the molecule is CSC(SC)c1cc(N)ccc1N. The number of hydrogen-bond donors (Lipinski definition) is 2. The van der Waals surface area contributed by atoms with Gasteiger partial charge in [-0.3, -0.25) is 0 Å². The molecule has 0 heterocycles. The van der Waals surface area contributed by atoms with Crippen molar-refractivity contribution in [2.75, 3.05) is 24.0 Å². The number of nitrogens with two attached hydrogens (primary N) is 2. The second-order valence-corrected chi connectivity index (χ2v) is 4.88. The van der Waals surface area contributed by atoms with Crippen LogP contribution in [0.15, 0.2) is 18.2 Å². The molecule has 4 heteroatoms. The fraction of sp³-hybridized carbons (Fsp3) is 0.333. The van der Waals surface area contributed by atoms with Gasteiger partial charge >= 0.3 is 0 Å². The number of anilines is 2. The number of thioether (sulfide) groups is 2. The Morgan fingerprint density at radius 1 is 1.15 bits per heavy atom. The van der Waals surface area contributed by atoms with Crippen molar-refractivity contribution in [1.82, 2.24) is 0 Å². The highest BCUT2D eigenvalue weighted by molar-refractivity contribution is 8.15. The lowest BCUT2D eigenvalue weighted by atomic mass is 10.2. The predicted octanol–water partition coefficient (Wildman–Crippen LogP) is 2.58. The lowest BCUT2D eigenvalue weighted by Gasteiger charge is -2.14. The fourth-order valence-corrected chi connectivity index (χ4v) is 2.83. The summed E-state index contributed by atoms with van der Waals surface area (Å²) in [5.41, 5.74) is 14.3. The van der Waals surface area contributed by atoms with Crippen molar-refractivity contribution in [3.63, 3.8) is 0 Å². The van der Waals surface area contributed by atoms with Gasteiger partial charge in [0.05, 0.1) is 4.58 Å². The molecule has 1 aromatic rings. The first-order chi connectivity index (χ1) is 6.19. The average molecular weight is 214 g/mol. The summed E-state index contributed by atoms with van der Waals surface area (Å²) in [6, 6.07) is 5.65. The molecule has 1 aromatic carbocycles. The van der Waals surface area contributed by atoms with Crippen LogP contribution in [0.3, 0.4) is 0 Å². The van der Waals surface area contributed by atoms with Crippen LogP contribution in [0.2, 0.25) is 0 Å². The van der Waals surface area contributed by atoms with E-state index in [4.69, 9.17) is 11.5 Å². The summed E-state index contributed by atoms with van der Waals surface area (Å²) in [6.07, 6.45) is 4.15. The molecular weight excluding hydrogens is 200 g/mol. The maximum Gasteiger partial charge on any atom is 0.0766 e. The van der Waals surface area contributed by atoms with Crippen molar-refractivity contribution in [3.05, 3.63) is 23.8 Å². The molecule has 0 atom stereocenters. The topological polar surface area (TPSA) is 52.0 Å². The Balaban J connectivity index is 3.03. The van der Waals surface area contributed by atoms with Gasteiger partial charge in [0.25, 0.3) is 0 Å². The summed E-state index contributed by atoms with van der Waals surface area (Å²) >= 11 is 3.55. The molecule has 0 fully saturated rings. The Labute approximate surface area is 87.5 Å². The highest BCUT2D eigenvalue weighted by Crippen LogP contribution is 2.39. The molecule has 0 aliphatic carbocycles. The quantitative estimate of drug-likeness (QED) is 0.600. The maximum absolute atomic E-state index is 5.86. The van der Waals surface area contributed by atoms with Gasteiger partial charge in [-0.05, 0) is 36.3 Å². The molecule has 1 rings (SSSR count). The minimum Gasteiger partial charge on any atom is -0.399 e. The van der Waals surface area contributed by atoms with Crippen molar-refractivity contribution < 1.29 is 0 Å². The second kappa shape index (κ2) is 4.67. The lowest BCUT2D eigenvalue weighted by molar-refractivity contribution is 1.39. The highest BCUT2D eigenvalue weighted by Gasteiger charge is 2.11. The molecule has 0 amide bonds. The molecule has 72 valence electrons. The predicted molar refractivity (Wildman–Crippen MR) is 65.0 cm³/mol. The third-order valence-corrected chi connectivity index (χ3v) is 4.31. The molecule has 0 radical (unpaired) electrons. The summed E-state index contributed by atoms with van der Waals surface area (Å²) in [4.78, 5) is 0. The van der Waals surface area contributed by atoms with E-state index in [-0.39, 0.29) is 0 Å². The van der Waals surface area contributed by atoms with E-state index < -0.39 is 0 Å². The van der Waals surface area contributed by atoms with Gasteiger partial charge in [-0.25, -0.2) is 0 Å². The third kappa shape index (κ3) is 2.48. The molecule has 4 N–H and O–H groups in total. The van der Waals surface area contributed by atoms with Crippen molar-refractivity contribution in [2.24, 2.45) is 0 Å². The van der Waals surface area contributed by atoms with Crippen LogP contribution in [-0.2, 0) is 0 Å². The summed E-state index contributed by atoms with van der Waals surface area (Å²) < 4.78 is 0.378. The second-order valence-electron chi connectivity index (χ2n) is 2.69. The van der Waals surface area contributed by atoms with Gasteiger partial charge in [-0.15, -0.1) is 23.5 Å². The van der Waals surface area contributed by atoms with E-state index in [1.165, 1.54) is 0 Å². The normalized spacial score (nSPS) is 10.7. The molecule has 0 aromatic heterocycles. The molecule has 0 bridgehead atoms. The number of nitrogen functional groups attached to an aromatic ring is 2. The van der Waals surface area contributed by atoms with Crippen LogP contribution in [0.1, 0.15) is 10.1 Å². The van der Waals surface area contributed by atoms with Gasteiger partial charge in [-0.2, -0.15) is 0 Å². The van der Waals surface area contributed by atoms with E-state index in [1.807, 2.05) is 18.2 Å². The third-order valence-electron chi connectivity index (χ3n) is 1.79. The van der Waals surface area contributed by atoms with Crippen molar-refractivity contribution >= 4 is 34.9 Å². The Morgan fingerprint density at radius 3 is 2.31 bits per heavy atom. The largest absolute Gasteiger partial charge is 0.399 e. The smallest absolute Gasteiger partial charge is 0.0766 e. The van der Waals surface area contributed by atoms with Crippen LogP contribution in [0.5, 0.6) is 0 Å². The first-order valence-electron chi connectivity index (χ1n) is 3.89. The van der Waals surface area contributed by atoms with Gasteiger partial charge in [0.2, 0.25) is 0 Å². The monoisotopic (exact) mass is 214 g/mol. The molecule has 0 aliphatic heterocycles. The van der Waals surface area contributed by atoms with E-state index >= 15 is 0 Å². The van der Waals surface area contributed by atoms with E-state index in [2.05, 4.69) is 12.5 Å². The number of hydrogen-bond acceptors (Lipinski definition) is 4. The average Bonchev–Trinajstić information content (AvgIpc) is 2.13. The molecule has 0 saturated heterocycles. The Kier molecular flexibility index (Phi) is 3.81. The van der Waals surface area contributed by atoms with Crippen molar-refractivity contribution in [2.45, 2.75) is 4.58 Å². The van der Waals surface area contributed by atoms with Gasteiger partial charge in [-0.1, -0.05) is 0 Å². The minimum absolute atomic E-state index is 0.378. The highest BCUT2D eigenvalue weighted by atomic mass is 32.2. The van der Waals surface area contributed by atoms with Crippen molar-refractivity contribution in [3.8, 4) is 0 Å². The van der Waals surface area contributed by atoms with E-state index in [1.54, 1.807) is 23.5 Å². The molecular formula is C9H14N2S2. The zero-order valence-corrected chi connectivity index (χ0v) is 9.41. The van der Waals surface area contributed by atoms with Gasteiger partial charge in [0, 0.05) is 11.4 Å². The molecule has 0 spiro atoms. The van der Waals surface area contributed by atoms with Gasteiger partial charge in [0.15, 0.2) is 0 Å². The Hall–Kier alpha value is -0.480. The Bertz CT molecular complexity index is 285. The first kappa shape index (κ1) is 10.6. The van der Waals surface area contributed by atoms with Crippen molar-refractivity contribution in [1.29, 1.82) is 0 Å². The number of benzene rings is 1. The standard InChI is InChI=1S/C9H14N2S2/c1-12-9(13-2)7-5-6(10)3-4-8(7)11/h3-5,9H,10-11H2,1-2H3. The van der Waals surface area contributed by atoms with Crippen LogP contribution in [0, 0.1) is 0 Å². The van der Waals surface area contributed by atoms with Crippen LogP contribution in [-0.4, -0.2) is 12.5 Å². The molecule has 13 heavy (non-hydrogen) atoms. The summed E-state index contributed by atoms with van der Waals surface area (Å²) in [5.74, 6) is 0. The Morgan fingerprint density at radius 2 is 1.77 bits per heavy atom. The van der Waals surface area contributed by atoms with E-state index in [0.717, 1.165) is 16.9 Å². The van der Waals surface area contributed by atoms with E-state index in [0.29, 0.717) is 4.58 Å². The van der Waals surface area contributed by atoms with Gasteiger partial charge in [0.1, 0.15) is 0 Å². The van der Waals surface area contributed by atoms with Crippen LogP contribution in [0.4, 0.5) is 11.4 Å². The van der Waals surface area contributed by atoms with Crippen LogP contribution in [0.25, 0.3) is 0 Å². The fourth-order valence-electron chi connectivity index (χ4n) is 1.15. The molecule has 0 aliphatic rings. The summed E-state index contributed by atoms with van der Waals surface area (Å²) in [6.45, 7) is 0.